The van der Waals surface area contributed by atoms with Crippen LogP contribution >= 0.6 is 11.3 Å². The molecular formula is C20H23N3O4S2. The molecule has 0 unspecified atom stereocenters. The number of nitrogens with one attached hydrogen (secondary N) is 1. The van der Waals surface area contributed by atoms with Crippen LogP contribution in [0, 0.1) is 6.92 Å². The van der Waals surface area contributed by atoms with E-state index in [1.54, 1.807) is 40.0 Å². The van der Waals surface area contributed by atoms with Crippen molar-refractivity contribution in [3.63, 3.8) is 0 Å². The molecule has 7 nitrogen and oxygen atoms in total. The summed E-state index contributed by atoms with van der Waals surface area (Å²) in [6, 6.07) is 10.2. The van der Waals surface area contributed by atoms with E-state index in [1.807, 2.05) is 12.1 Å². The average Bonchev–Trinajstić information content (AvgIpc) is 3.11. The molecule has 1 amide bonds. The van der Waals surface area contributed by atoms with Crippen molar-refractivity contribution >= 4 is 42.6 Å². The number of fused-ring (bicyclic) bond motifs is 1. The molecule has 0 radical (unpaired) electrons. The first-order chi connectivity index (χ1) is 13.8. The Morgan fingerprint density at radius 1 is 1.21 bits per heavy atom. The zero-order valence-electron chi connectivity index (χ0n) is 16.7. The summed E-state index contributed by atoms with van der Waals surface area (Å²) in [5, 5.41) is 3.20. The highest BCUT2D eigenvalue weighted by Crippen LogP contribution is 2.32. The van der Waals surface area contributed by atoms with E-state index in [9.17, 15) is 13.2 Å². The number of aryl methyl sites for hydroxylation is 1. The van der Waals surface area contributed by atoms with E-state index in [1.165, 1.54) is 27.8 Å². The first kappa shape index (κ1) is 21.2. The van der Waals surface area contributed by atoms with Gasteiger partial charge in [0, 0.05) is 18.7 Å². The fourth-order valence-corrected chi connectivity index (χ4v) is 5.39. The SMILES string of the molecule is CCN(CC)S(=O)(=O)c1ccc(C)c(C(=O)Nc2nc3c(OC)cccc3s2)c1. The van der Waals surface area contributed by atoms with Gasteiger partial charge in [-0.25, -0.2) is 13.4 Å². The van der Waals surface area contributed by atoms with E-state index in [0.717, 1.165) is 4.70 Å². The van der Waals surface area contributed by atoms with Crippen LogP contribution < -0.4 is 10.1 Å². The van der Waals surface area contributed by atoms with Crippen molar-refractivity contribution in [2.75, 3.05) is 25.5 Å². The van der Waals surface area contributed by atoms with E-state index in [0.29, 0.717) is 40.6 Å². The Morgan fingerprint density at radius 3 is 2.59 bits per heavy atom. The van der Waals surface area contributed by atoms with Crippen molar-refractivity contribution in [3.8, 4) is 5.75 Å². The Balaban J connectivity index is 1.94. The summed E-state index contributed by atoms with van der Waals surface area (Å²) in [5.41, 5.74) is 1.65. The number of methoxy groups -OCH3 is 1. The lowest BCUT2D eigenvalue weighted by Crippen LogP contribution is -2.30. The van der Waals surface area contributed by atoms with Crippen molar-refractivity contribution in [2.24, 2.45) is 0 Å². The van der Waals surface area contributed by atoms with Gasteiger partial charge in [-0.05, 0) is 36.8 Å². The third kappa shape index (κ3) is 4.12. The van der Waals surface area contributed by atoms with Crippen molar-refractivity contribution in [1.29, 1.82) is 0 Å². The molecule has 0 aliphatic heterocycles. The molecule has 3 rings (SSSR count). The third-order valence-electron chi connectivity index (χ3n) is 4.62. The fourth-order valence-electron chi connectivity index (χ4n) is 3.02. The maximum atomic E-state index is 12.9. The van der Waals surface area contributed by atoms with Crippen LogP contribution in [-0.4, -0.2) is 43.8 Å². The number of rotatable bonds is 7. The van der Waals surface area contributed by atoms with Crippen LogP contribution in [0.25, 0.3) is 10.2 Å². The standard InChI is InChI=1S/C20H23N3O4S2/c1-5-23(6-2)29(25,26)14-11-10-13(3)15(12-14)19(24)22-20-21-18-16(27-4)8-7-9-17(18)28-20/h7-12H,5-6H2,1-4H3,(H,21,22,24). The molecule has 9 heteroatoms. The molecule has 1 aromatic heterocycles. The molecule has 0 aliphatic rings. The van der Waals surface area contributed by atoms with Gasteiger partial charge in [-0.1, -0.05) is 37.3 Å². The molecule has 0 fully saturated rings. The van der Waals surface area contributed by atoms with Crippen LogP contribution in [0.2, 0.25) is 0 Å². The Bertz CT molecular complexity index is 1150. The molecule has 1 heterocycles. The Morgan fingerprint density at radius 2 is 1.93 bits per heavy atom. The van der Waals surface area contributed by atoms with Crippen molar-refractivity contribution < 1.29 is 17.9 Å². The van der Waals surface area contributed by atoms with Gasteiger partial charge in [0.15, 0.2) is 5.13 Å². The second kappa shape index (κ2) is 8.48. The minimum atomic E-state index is -3.65. The summed E-state index contributed by atoms with van der Waals surface area (Å²) in [4.78, 5) is 17.4. The maximum Gasteiger partial charge on any atom is 0.257 e. The van der Waals surface area contributed by atoms with Gasteiger partial charge >= 0.3 is 0 Å². The first-order valence-corrected chi connectivity index (χ1v) is 11.4. The van der Waals surface area contributed by atoms with Gasteiger partial charge in [0.25, 0.3) is 5.91 Å². The molecular weight excluding hydrogens is 410 g/mol. The van der Waals surface area contributed by atoms with Gasteiger partial charge < -0.3 is 4.74 Å². The van der Waals surface area contributed by atoms with Crippen LogP contribution in [0.15, 0.2) is 41.3 Å². The third-order valence-corrected chi connectivity index (χ3v) is 7.60. The van der Waals surface area contributed by atoms with Gasteiger partial charge in [0.05, 0.1) is 16.7 Å². The quantitative estimate of drug-likeness (QED) is 0.611. The van der Waals surface area contributed by atoms with Gasteiger partial charge in [0.2, 0.25) is 10.0 Å². The molecule has 0 saturated heterocycles. The number of carbonyl (C=O) groups excluding carboxylic acids is 1. The molecule has 2 aromatic carbocycles. The summed E-state index contributed by atoms with van der Waals surface area (Å²) < 4.78 is 33.1. The highest BCUT2D eigenvalue weighted by molar-refractivity contribution is 7.89. The van der Waals surface area contributed by atoms with E-state index < -0.39 is 15.9 Å². The number of hydrogen-bond donors (Lipinski definition) is 1. The number of amides is 1. The maximum absolute atomic E-state index is 12.9. The monoisotopic (exact) mass is 433 g/mol. The number of thiazole rings is 1. The number of hydrogen-bond acceptors (Lipinski definition) is 6. The smallest absolute Gasteiger partial charge is 0.257 e. The summed E-state index contributed by atoms with van der Waals surface area (Å²) in [7, 11) is -2.09. The zero-order valence-corrected chi connectivity index (χ0v) is 18.4. The van der Waals surface area contributed by atoms with Gasteiger partial charge in [-0.15, -0.1) is 0 Å². The molecule has 154 valence electrons. The normalized spacial score (nSPS) is 11.8. The number of anilines is 1. The Kier molecular flexibility index (Phi) is 6.21. The highest BCUT2D eigenvalue weighted by Gasteiger charge is 2.24. The molecule has 29 heavy (non-hydrogen) atoms. The van der Waals surface area contributed by atoms with Gasteiger partial charge in [0.1, 0.15) is 11.3 Å². The second-order valence-corrected chi connectivity index (χ2v) is 9.31. The number of carbonyl (C=O) groups is 1. The zero-order chi connectivity index (χ0) is 21.2. The molecule has 0 aliphatic carbocycles. The number of aromatic nitrogens is 1. The molecule has 0 spiro atoms. The minimum Gasteiger partial charge on any atom is -0.494 e. The molecule has 0 atom stereocenters. The second-order valence-electron chi connectivity index (χ2n) is 6.35. The number of nitrogens with zero attached hydrogens (tertiary/aromatic N) is 2. The Hall–Kier alpha value is -2.49. The number of sulfonamides is 1. The predicted octanol–water partition coefficient (Wildman–Crippen LogP) is 3.90. The van der Waals surface area contributed by atoms with Crippen LogP contribution in [-0.2, 0) is 10.0 Å². The van der Waals surface area contributed by atoms with Crippen molar-refractivity contribution in [3.05, 3.63) is 47.5 Å². The lowest BCUT2D eigenvalue weighted by atomic mass is 10.1. The number of ether oxygens (including phenoxy) is 1. The highest BCUT2D eigenvalue weighted by atomic mass is 32.2. The lowest BCUT2D eigenvalue weighted by Gasteiger charge is -2.19. The predicted molar refractivity (Wildman–Crippen MR) is 115 cm³/mol. The minimum absolute atomic E-state index is 0.0999. The lowest BCUT2D eigenvalue weighted by molar-refractivity contribution is 0.102. The van der Waals surface area contributed by atoms with Crippen molar-refractivity contribution in [1.82, 2.24) is 9.29 Å². The summed E-state index contributed by atoms with van der Waals surface area (Å²) in [6.07, 6.45) is 0. The molecule has 3 aromatic rings. The number of para-hydroxylation sites is 1. The van der Waals surface area contributed by atoms with E-state index >= 15 is 0 Å². The first-order valence-electron chi connectivity index (χ1n) is 9.17. The topological polar surface area (TPSA) is 88.6 Å². The van der Waals surface area contributed by atoms with Crippen LogP contribution in [0.1, 0.15) is 29.8 Å². The molecule has 1 N–H and O–H groups in total. The average molecular weight is 434 g/mol. The van der Waals surface area contributed by atoms with Gasteiger partial charge in [-0.2, -0.15) is 4.31 Å². The molecule has 0 bridgehead atoms. The van der Waals surface area contributed by atoms with E-state index in [-0.39, 0.29) is 4.90 Å². The number of benzene rings is 2. The summed E-state index contributed by atoms with van der Waals surface area (Å²) in [5.74, 6) is 0.222. The van der Waals surface area contributed by atoms with Crippen LogP contribution in [0.4, 0.5) is 5.13 Å². The van der Waals surface area contributed by atoms with Crippen LogP contribution in [0.3, 0.4) is 0 Å². The summed E-state index contributed by atoms with van der Waals surface area (Å²) >= 11 is 1.33. The Labute approximate surface area is 174 Å². The fraction of sp³-hybridized carbons (Fsp3) is 0.300. The van der Waals surface area contributed by atoms with E-state index in [2.05, 4.69) is 10.3 Å². The summed E-state index contributed by atoms with van der Waals surface area (Å²) in [6.45, 7) is 6.06. The van der Waals surface area contributed by atoms with Gasteiger partial charge in [-0.3, -0.25) is 10.1 Å². The van der Waals surface area contributed by atoms with E-state index in [4.69, 9.17) is 4.74 Å². The molecule has 0 saturated carbocycles. The van der Waals surface area contributed by atoms with Crippen molar-refractivity contribution in [2.45, 2.75) is 25.7 Å². The van der Waals surface area contributed by atoms with Crippen LogP contribution in [0.5, 0.6) is 5.75 Å². The largest absolute Gasteiger partial charge is 0.494 e.